The predicted molar refractivity (Wildman–Crippen MR) is 122 cm³/mol. The maximum atomic E-state index is 13.1. The zero-order valence-corrected chi connectivity index (χ0v) is 20.0. The van der Waals surface area contributed by atoms with Crippen LogP contribution < -0.4 is 4.74 Å². The topological polar surface area (TPSA) is 76.9 Å². The summed E-state index contributed by atoms with van der Waals surface area (Å²) in [6, 6.07) is 2.03. The van der Waals surface area contributed by atoms with Crippen LogP contribution in [0, 0.1) is 11.3 Å². The number of fused-ring (bicyclic) bond motifs is 2. The highest BCUT2D eigenvalue weighted by atomic mass is 35.5. The van der Waals surface area contributed by atoms with E-state index in [4.69, 9.17) is 26.2 Å². The van der Waals surface area contributed by atoms with Crippen molar-refractivity contribution in [1.29, 1.82) is 0 Å². The van der Waals surface area contributed by atoms with Crippen LogP contribution in [-0.2, 0) is 9.63 Å². The number of likely N-dealkylation sites (tertiary alicyclic amines) is 1. The average Bonchev–Trinajstić information content (AvgIpc) is 3.34. The molecular weight excluding hydrogens is 428 g/mol. The van der Waals surface area contributed by atoms with Crippen molar-refractivity contribution in [2.45, 2.75) is 89.4 Å². The Balaban J connectivity index is 1.41. The average molecular weight is 461 g/mol. The van der Waals surface area contributed by atoms with Gasteiger partial charge in [-0.25, -0.2) is 4.98 Å². The smallest absolute Gasteiger partial charge is 0.218 e. The van der Waals surface area contributed by atoms with Crippen molar-refractivity contribution >= 4 is 23.1 Å². The number of ether oxygens (including phenoxy) is 1. The van der Waals surface area contributed by atoms with Crippen molar-refractivity contribution in [3.63, 3.8) is 0 Å². The van der Waals surface area contributed by atoms with Gasteiger partial charge in [-0.1, -0.05) is 29.6 Å². The maximum Gasteiger partial charge on any atom is 0.218 e. The zero-order valence-electron chi connectivity index (χ0n) is 19.3. The first-order valence-electron chi connectivity index (χ1n) is 12.1. The highest BCUT2D eigenvalue weighted by molar-refractivity contribution is 6.29. The summed E-state index contributed by atoms with van der Waals surface area (Å²) < 4.78 is 6.21. The summed E-state index contributed by atoms with van der Waals surface area (Å²) in [5.74, 6) is 1.22. The van der Waals surface area contributed by atoms with Gasteiger partial charge in [0.2, 0.25) is 5.88 Å². The number of nitrogens with zero attached hydrogens (tertiary/aromatic N) is 4. The molecule has 2 unspecified atom stereocenters. The third-order valence-electron chi connectivity index (χ3n) is 8.49. The van der Waals surface area contributed by atoms with E-state index in [9.17, 15) is 4.79 Å². The van der Waals surface area contributed by atoms with E-state index in [2.05, 4.69) is 35.9 Å². The van der Waals surface area contributed by atoms with Crippen LogP contribution >= 0.6 is 11.6 Å². The van der Waals surface area contributed by atoms with Gasteiger partial charge in [-0.05, 0) is 66.0 Å². The minimum atomic E-state index is -0.648. The Bertz CT molecular complexity index is 936. The van der Waals surface area contributed by atoms with Gasteiger partial charge in [0.25, 0.3) is 0 Å². The SMILES string of the molecule is C[C@H](Oc1cc(Cl)nc(C2=NOC3(C)C2CCC[C@@]32CCCCC2=O)n1)[C@@H]1CCCN1C. The van der Waals surface area contributed by atoms with E-state index in [1.165, 1.54) is 6.42 Å². The quantitative estimate of drug-likeness (QED) is 0.619. The monoisotopic (exact) mass is 460 g/mol. The van der Waals surface area contributed by atoms with Gasteiger partial charge in [-0.3, -0.25) is 9.69 Å². The van der Waals surface area contributed by atoms with Crippen LogP contribution in [0.1, 0.15) is 77.5 Å². The van der Waals surface area contributed by atoms with E-state index in [0.717, 1.165) is 51.5 Å². The molecule has 5 rings (SSSR count). The van der Waals surface area contributed by atoms with Crippen LogP contribution in [0.3, 0.4) is 0 Å². The Morgan fingerprint density at radius 3 is 2.78 bits per heavy atom. The fourth-order valence-corrected chi connectivity index (χ4v) is 6.84. The largest absolute Gasteiger partial charge is 0.473 e. The molecule has 3 heterocycles. The van der Waals surface area contributed by atoms with E-state index in [1.54, 1.807) is 6.07 Å². The molecular formula is C24H33ClN4O3. The van der Waals surface area contributed by atoms with E-state index in [-0.39, 0.29) is 12.0 Å². The Morgan fingerprint density at radius 2 is 2.03 bits per heavy atom. The van der Waals surface area contributed by atoms with Crippen LogP contribution in [0.15, 0.2) is 11.2 Å². The number of ketones is 1. The first kappa shape index (κ1) is 22.1. The molecule has 32 heavy (non-hydrogen) atoms. The summed E-state index contributed by atoms with van der Waals surface area (Å²) in [4.78, 5) is 30.8. The molecule has 3 fully saturated rings. The van der Waals surface area contributed by atoms with E-state index >= 15 is 0 Å². The highest BCUT2D eigenvalue weighted by Crippen LogP contribution is 2.58. The van der Waals surface area contributed by atoms with Crippen LogP contribution in [-0.4, -0.2) is 57.7 Å². The van der Waals surface area contributed by atoms with Gasteiger partial charge < -0.3 is 9.57 Å². The second-order valence-electron chi connectivity index (χ2n) is 10.2. The molecule has 1 aromatic heterocycles. The van der Waals surface area contributed by atoms with Crippen molar-refractivity contribution in [1.82, 2.24) is 14.9 Å². The number of aromatic nitrogens is 2. The summed E-state index contributed by atoms with van der Waals surface area (Å²) in [7, 11) is 2.13. The fraction of sp³-hybridized carbons (Fsp3) is 0.750. The molecule has 0 amide bonds. The summed E-state index contributed by atoms with van der Waals surface area (Å²) in [5, 5.41) is 4.80. The van der Waals surface area contributed by atoms with Crippen LogP contribution in [0.25, 0.3) is 0 Å². The van der Waals surface area contributed by atoms with Crippen LogP contribution in [0.4, 0.5) is 0 Å². The minimum Gasteiger partial charge on any atom is -0.473 e. The Hall–Kier alpha value is -1.73. The van der Waals surface area contributed by atoms with Crippen molar-refractivity contribution in [3.05, 3.63) is 17.0 Å². The number of likely N-dealkylation sites (N-methyl/N-ethyl adjacent to an activating group) is 1. The molecule has 7 nitrogen and oxygen atoms in total. The third kappa shape index (κ3) is 3.43. The Morgan fingerprint density at radius 1 is 1.22 bits per heavy atom. The number of rotatable bonds is 4. The lowest BCUT2D eigenvalue weighted by molar-refractivity contribution is -0.175. The molecule has 1 aromatic rings. The first-order chi connectivity index (χ1) is 15.3. The summed E-state index contributed by atoms with van der Waals surface area (Å²) in [6.07, 6.45) is 8.58. The van der Waals surface area contributed by atoms with Crippen molar-refractivity contribution < 1.29 is 14.4 Å². The molecule has 0 aromatic carbocycles. The molecule has 4 aliphatic rings. The standard InChI is InChI=1S/C24H33ClN4O3/c1-15(17-9-7-13-29(17)3)31-20-14-19(25)26-22(27-20)21-16-8-6-12-24(23(16,2)32-28-21)11-5-4-10-18(24)30/h14-17H,4-13H2,1-3H3/t15-,16?,17-,23?,24+/m0/s1. The van der Waals surface area contributed by atoms with Gasteiger partial charge in [-0.15, -0.1) is 0 Å². The molecule has 0 radical (unpaired) electrons. The van der Waals surface area contributed by atoms with Gasteiger partial charge in [0.05, 0.1) is 11.3 Å². The number of hydrogen-bond acceptors (Lipinski definition) is 7. The third-order valence-corrected chi connectivity index (χ3v) is 8.69. The number of hydrogen-bond donors (Lipinski definition) is 0. The second kappa shape index (κ2) is 8.24. The number of carbonyl (C=O) groups is 1. The van der Waals surface area contributed by atoms with Gasteiger partial charge in [-0.2, -0.15) is 4.98 Å². The number of carbonyl (C=O) groups excluding carboxylic acids is 1. The molecule has 2 aliphatic carbocycles. The highest BCUT2D eigenvalue weighted by Gasteiger charge is 2.64. The molecule has 2 aliphatic heterocycles. The van der Waals surface area contributed by atoms with Crippen molar-refractivity contribution in [3.8, 4) is 5.88 Å². The molecule has 0 N–H and O–H groups in total. The summed E-state index contributed by atoms with van der Waals surface area (Å²) in [5.41, 5.74) is -0.410. The maximum absolute atomic E-state index is 13.1. The lowest BCUT2D eigenvalue weighted by Crippen LogP contribution is -2.59. The first-order valence-corrected chi connectivity index (χ1v) is 12.4. The van der Waals surface area contributed by atoms with Crippen LogP contribution in [0.2, 0.25) is 5.15 Å². The molecule has 5 atom stereocenters. The van der Waals surface area contributed by atoms with E-state index in [1.807, 2.05) is 0 Å². The minimum absolute atomic E-state index is 0.00819. The van der Waals surface area contributed by atoms with Gasteiger partial charge >= 0.3 is 0 Å². The molecule has 174 valence electrons. The molecule has 1 spiro atoms. The lowest BCUT2D eigenvalue weighted by Gasteiger charge is -2.51. The lowest BCUT2D eigenvalue weighted by atomic mass is 9.53. The number of halogens is 1. The van der Waals surface area contributed by atoms with Crippen molar-refractivity contribution in [2.75, 3.05) is 13.6 Å². The normalized spacial score (nSPS) is 36.0. The van der Waals surface area contributed by atoms with E-state index < -0.39 is 11.0 Å². The summed E-state index contributed by atoms with van der Waals surface area (Å²) >= 11 is 6.38. The Kier molecular flexibility index (Phi) is 5.69. The van der Waals surface area contributed by atoms with Gasteiger partial charge in [0, 0.05) is 18.5 Å². The van der Waals surface area contributed by atoms with Gasteiger partial charge in [0.15, 0.2) is 11.4 Å². The van der Waals surface area contributed by atoms with E-state index in [0.29, 0.717) is 40.8 Å². The molecule has 2 saturated carbocycles. The number of oxime groups is 1. The molecule has 1 saturated heterocycles. The summed E-state index contributed by atoms with van der Waals surface area (Å²) in [6.45, 7) is 5.23. The van der Waals surface area contributed by atoms with Gasteiger partial charge in [0.1, 0.15) is 22.8 Å². The predicted octanol–water partition coefficient (Wildman–Crippen LogP) is 4.41. The fourth-order valence-electron chi connectivity index (χ4n) is 6.67. The second-order valence-corrected chi connectivity index (χ2v) is 10.6. The number of Topliss-reactive ketones (excluding diaryl/α,β-unsaturated/α-hetero) is 1. The molecule has 8 heteroatoms. The van der Waals surface area contributed by atoms with Crippen LogP contribution in [0.5, 0.6) is 5.88 Å². The van der Waals surface area contributed by atoms with Crippen molar-refractivity contribution in [2.24, 2.45) is 16.5 Å². The Labute approximate surface area is 194 Å². The zero-order chi connectivity index (χ0) is 22.5. The molecule has 0 bridgehead atoms.